The maximum absolute atomic E-state index is 12.0. The van der Waals surface area contributed by atoms with Gasteiger partial charge in [-0.3, -0.25) is 4.79 Å². The number of rotatable bonds is 5. The van der Waals surface area contributed by atoms with Crippen LogP contribution in [0.5, 0.6) is 0 Å². The smallest absolute Gasteiger partial charge is 0.408 e. The average molecular weight is 341 g/mol. The van der Waals surface area contributed by atoms with Crippen molar-refractivity contribution in [3.8, 4) is 0 Å². The van der Waals surface area contributed by atoms with Crippen LogP contribution in [-0.2, 0) is 14.3 Å². The summed E-state index contributed by atoms with van der Waals surface area (Å²) in [5, 5.41) is 12.1. The molecule has 0 aromatic rings. The maximum atomic E-state index is 12.0. The van der Waals surface area contributed by atoms with Gasteiger partial charge in [0.25, 0.3) is 0 Å². The Morgan fingerprint density at radius 1 is 1.25 bits per heavy atom. The van der Waals surface area contributed by atoms with Crippen LogP contribution in [0.1, 0.15) is 60.8 Å². The molecule has 2 N–H and O–H groups in total. The van der Waals surface area contributed by atoms with Gasteiger partial charge in [-0.1, -0.05) is 11.6 Å². The van der Waals surface area contributed by atoms with Crippen molar-refractivity contribution in [3.05, 3.63) is 11.6 Å². The number of hydrogen-bond donors (Lipinski definition) is 2. The molecular formula is C18H31NO5. The maximum Gasteiger partial charge on any atom is 0.408 e. The number of hydrogen-bond acceptors (Lipinski definition) is 4. The molecule has 0 radical (unpaired) electrons. The van der Waals surface area contributed by atoms with E-state index in [1.807, 2.05) is 26.8 Å². The summed E-state index contributed by atoms with van der Waals surface area (Å²) >= 11 is 0. The first-order valence-corrected chi connectivity index (χ1v) is 8.44. The largest absolute Gasteiger partial charge is 0.481 e. The first kappa shape index (κ1) is 20.5. The summed E-state index contributed by atoms with van der Waals surface area (Å²) < 4.78 is 11.1. The van der Waals surface area contributed by atoms with Crippen molar-refractivity contribution in [1.82, 2.24) is 5.32 Å². The zero-order chi connectivity index (χ0) is 18.5. The zero-order valence-corrected chi connectivity index (χ0v) is 15.6. The van der Waals surface area contributed by atoms with Crippen LogP contribution < -0.4 is 5.32 Å². The number of aliphatic carboxylic acids is 1. The fourth-order valence-corrected chi connectivity index (χ4v) is 2.54. The van der Waals surface area contributed by atoms with Crippen molar-refractivity contribution in [2.45, 2.75) is 78.0 Å². The topological polar surface area (TPSA) is 84.9 Å². The number of ether oxygens (including phenoxy) is 2. The molecule has 1 rings (SSSR count). The number of alkyl carbamates (subject to hydrolysis) is 1. The third kappa shape index (κ3) is 7.81. The van der Waals surface area contributed by atoms with Gasteiger partial charge in [-0.15, -0.1) is 0 Å². The lowest BCUT2D eigenvalue weighted by Gasteiger charge is -2.26. The van der Waals surface area contributed by atoms with Gasteiger partial charge in [-0.05, 0) is 60.8 Å². The van der Waals surface area contributed by atoms with Gasteiger partial charge in [-0.25, -0.2) is 4.79 Å². The van der Waals surface area contributed by atoms with E-state index in [9.17, 15) is 14.7 Å². The molecule has 6 nitrogen and oxygen atoms in total. The SMILES string of the molecule is CC(C)(C)OC[C@@H](/C=C1\CCC[C@H]1C(=O)O)NC(=O)OC(C)(C)C. The Labute approximate surface area is 144 Å². The zero-order valence-electron chi connectivity index (χ0n) is 15.6. The van der Waals surface area contributed by atoms with Crippen LogP contribution in [0.4, 0.5) is 4.79 Å². The van der Waals surface area contributed by atoms with Crippen molar-refractivity contribution in [2.75, 3.05) is 6.61 Å². The van der Waals surface area contributed by atoms with E-state index in [0.717, 1.165) is 18.4 Å². The van der Waals surface area contributed by atoms with Crippen LogP contribution in [0.25, 0.3) is 0 Å². The van der Waals surface area contributed by atoms with Crippen LogP contribution in [-0.4, -0.2) is 41.0 Å². The Balaban J connectivity index is 2.84. The monoisotopic (exact) mass is 341 g/mol. The Morgan fingerprint density at radius 3 is 2.38 bits per heavy atom. The number of carboxylic acid groups (broad SMARTS) is 1. The number of amides is 1. The highest BCUT2D eigenvalue weighted by Crippen LogP contribution is 2.31. The second kappa shape index (κ2) is 8.01. The van der Waals surface area contributed by atoms with Crippen molar-refractivity contribution in [2.24, 2.45) is 5.92 Å². The third-order valence-electron chi connectivity index (χ3n) is 3.52. The molecule has 0 unspecified atom stereocenters. The molecule has 1 fully saturated rings. The van der Waals surface area contributed by atoms with Crippen LogP contribution in [0.15, 0.2) is 11.6 Å². The molecule has 138 valence electrons. The van der Waals surface area contributed by atoms with Crippen molar-refractivity contribution in [1.29, 1.82) is 0 Å². The van der Waals surface area contributed by atoms with Gasteiger partial charge in [0.05, 0.1) is 24.2 Å². The molecule has 0 spiro atoms. The van der Waals surface area contributed by atoms with E-state index in [2.05, 4.69) is 5.32 Å². The molecular weight excluding hydrogens is 310 g/mol. The van der Waals surface area contributed by atoms with E-state index < -0.39 is 29.6 Å². The van der Waals surface area contributed by atoms with E-state index in [-0.39, 0.29) is 12.2 Å². The molecule has 0 aromatic heterocycles. The highest BCUT2D eigenvalue weighted by molar-refractivity contribution is 5.74. The van der Waals surface area contributed by atoms with Crippen LogP contribution in [0, 0.1) is 5.92 Å². The predicted molar refractivity (Wildman–Crippen MR) is 91.9 cm³/mol. The molecule has 6 heteroatoms. The second-order valence-corrected chi connectivity index (χ2v) is 8.20. The summed E-state index contributed by atoms with van der Waals surface area (Å²) in [6.07, 6.45) is 3.51. The fourth-order valence-electron chi connectivity index (χ4n) is 2.54. The average Bonchev–Trinajstić information content (AvgIpc) is 2.81. The van der Waals surface area contributed by atoms with E-state index >= 15 is 0 Å². The standard InChI is InChI=1S/C18H31NO5/c1-17(2,3)23-11-13(19-16(22)24-18(4,5)6)10-12-8-7-9-14(12)15(20)21/h10,13-14H,7-9,11H2,1-6H3,(H,19,22)(H,20,21)/b12-10+/t13-,14-/m1/s1. The van der Waals surface area contributed by atoms with Gasteiger partial charge >= 0.3 is 12.1 Å². The molecule has 24 heavy (non-hydrogen) atoms. The number of nitrogens with one attached hydrogen (secondary N) is 1. The molecule has 0 aromatic carbocycles. The van der Waals surface area contributed by atoms with Crippen molar-refractivity contribution >= 4 is 12.1 Å². The molecule has 1 amide bonds. The summed E-state index contributed by atoms with van der Waals surface area (Å²) in [6.45, 7) is 11.4. The van der Waals surface area contributed by atoms with Gasteiger partial charge in [0.15, 0.2) is 0 Å². The minimum atomic E-state index is -0.813. The van der Waals surface area contributed by atoms with E-state index in [1.165, 1.54) is 0 Å². The van der Waals surface area contributed by atoms with Gasteiger partial charge in [-0.2, -0.15) is 0 Å². The summed E-state index contributed by atoms with van der Waals surface area (Å²) in [7, 11) is 0. The quantitative estimate of drug-likeness (QED) is 0.748. The van der Waals surface area contributed by atoms with Gasteiger partial charge < -0.3 is 19.9 Å². The summed E-state index contributed by atoms with van der Waals surface area (Å²) in [4.78, 5) is 23.4. The number of carbonyl (C=O) groups excluding carboxylic acids is 1. The van der Waals surface area contributed by atoms with Crippen molar-refractivity contribution in [3.63, 3.8) is 0 Å². The first-order chi connectivity index (χ1) is 10.9. The molecule has 1 aliphatic rings. The number of carboxylic acids is 1. The van der Waals surface area contributed by atoms with E-state index in [1.54, 1.807) is 20.8 Å². The lowest BCUT2D eigenvalue weighted by molar-refractivity contribution is -0.140. The number of carbonyl (C=O) groups is 2. The van der Waals surface area contributed by atoms with Gasteiger partial charge in [0, 0.05) is 0 Å². The summed E-state index contributed by atoms with van der Waals surface area (Å²) in [5.41, 5.74) is -0.0984. The summed E-state index contributed by atoms with van der Waals surface area (Å²) in [6, 6.07) is -0.422. The van der Waals surface area contributed by atoms with E-state index in [0.29, 0.717) is 6.42 Å². The van der Waals surface area contributed by atoms with Crippen LogP contribution >= 0.6 is 0 Å². The third-order valence-corrected chi connectivity index (χ3v) is 3.52. The van der Waals surface area contributed by atoms with Crippen LogP contribution in [0.3, 0.4) is 0 Å². The van der Waals surface area contributed by atoms with Gasteiger partial charge in [0.1, 0.15) is 5.60 Å². The highest BCUT2D eigenvalue weighted by atomic mass is 16.6. The van der Waals surface area contributed by atoms with Crippen LogP contribution in [0.2, 0.25) is 0 Å². The first-order valence-electron chi connectivity index (χ1n) is 8.44. The Bertz CT molecular complexity index is 485. The molecule has 0 saturated heterocycles. The Kier molecular flexibility index (Phi) is 6.84. The second-order valence-electron chi connectivity index (χ2n) is 8.20. The molecule has 1 aliphatic carbocycles. The molecule has 0 bridgehead atoms. The molecule has 0 aliphatic heterocycles. The Morgan fingerprint density at radius 2 is 1.88 bits per heavy atom. The van der Waals surface area contributed by atoms with Gasteiger partial charge in [0.2, 0.25) is 0 Å². The normalized spacial score (nSPS) is 21.6. The van der Waals surface area contributed by atoms with Crippen molar-refractivity contribution < 1.29 is 24.2 Å². The molecule has 2 atom stereocenters. The van der Waals surface area contributed by atoms with E-state index in [4.69, 9.17) is 9.47 Å². The lowest BCUT2D eigenvalue weighted by atomic mass is 10.0. The lowest BCUT2D eigenvalue weighted by Crippen LogP contribution is -2.42. The summed E-state index contributed by atoms with van der Waals surface area (Å²) in [5.74, 6) is -1.28. The minimum Gasteiger partial charge on any atom is -0.481 e. The Hall–Kier alpha value is -1.56. The molecule has 1 saturated carbocycles. The highest BCUT2D eigenvalue weighted by Gasteiger charge is 2.29. The minimum absolute atomic E-state index is 0.262. The predicted octanol–water partition coefficient (Wildman–Crippen LogP) is 3.51. The molecule has 0 heterocycles. The fraction of sp³-hybridized carbons (Fsp3) is 0.778.